The molecule has 6 nitrogen and oxygen atoms in total. The van der Waals surface area contributed by atoms with Crippen molar-refractivity contribution in [3.63, 3.8) is 0 Å². The van der Waals surface area contributed by atoms with Crippen molar-refractivity contribution >= 4 is 49.1 Å². The molecule has 0 radical (unpaired) electrons. The maximum Gasteiger partial charge on any atom is 0.256 e. The van der Waals surface area contributed by atoms with Crippen LogP contribution < -0.4 is 0 Å². The minimum Gasteiger partial charge on any atom is -0.329 e. The molecule has 0 aliphatic carbocycles. The second kappa shape index (κ2) is 8.50. The Morgan fingerprint density at radius 2 is 2.00 bits per heavy atom. The fourth-order valence-corrected chi connectivity index (χ4v) is 6.43. The first-order valence-corrected chi connectivity index (χ1v) is 12.8. The van der Waals surface area contributed by atoms with Crippen LogP contribution in [0.25, 0.3) is 10.2 Å². The highest BCUT2D eigenvalue weighted by Crippen LogP contribution is 2.38. The van der Waals surface area contributed by atoms with E-state index in [-0.39, 0.29) is 33.5 Å². The second-order valence-corrected chi connectivity index (χ2v) is 11.4. The molecule has 1 aliphatic heterocycles. The molecule has 1 fully saturated rings. The SMILES string of the molecule is CC(C)N(C)S(=O)(=O)c1ccc(Cl)c(C(=O)N2CCCC2c2nc3ccccc3s2)c1. The van der Waals surface area contributed by atoms with Crippen molar-refractivity contribution in [2.45, 2.75) is 43.7 Å². The first-order valence-electron chi connectivity index (χ1n) is 10.1. The molecule has 0 bridgehead atoms. The summed E-state index contributed by atoms with van der Waals surface area (Å²) >= 11 is 7.94. The van der Waals surface area contributed by atoms with E-state index in [2.05, 4.69) is 0 Å². The van der Waals surface area contributed by atoms with Gasteiger partial charge in [0.05, 0.1) is 31.7 Å². The van der Waals surface area contributed by atoms with Crippen LogP contribution >= 0.6 is 22.9 Å². The molecule has 164 valence electrons. The molecular weight excluding hydrogens is 454 g/mol. The summed E-state index contributed by atoms with van der Waals surface area (Å²) in [7, 11) is -2.20. The van der Waals surface area contributed by atoms with Crippen molar-refractivity contribution in [1.82, 2.24) is 14.2 Å². The number of likely N-dealkylation sites (tertiary alicyclic amines) is 1. The molecule has 1 aliphatic rings. The number of para-hydroxylation sites is 1. The maximum atomic E-state index is 13.5. The molecule has 1 saturated heterocycles. The number of rotatable bonds is 5. The highest BCUT2D eigenvalue weighted by molar-refractivity contribution is 7.89. The Hall–Kier alpha value is -2.00. The first kappa shape index (κ1) is 22.2. The highest BCUT2D eigenvalue weighted by Gasteiger charge is 2.34. The van der Waals surface area contributed by atoms with Gasteiger partial charge < -0.3 is 4.90 Å². The molecule has 1 atom stereocenters. The predicted molar refractivity (Wildman–Crippen MR) is 124 cm³/mol. The van der Waals surface area contributed by atoms with Crippen LogP contribution in [-0.4, -0.2) is 48.1 Å². The second-order valence-electron chi connectivity index (χ2n) is 7.93. The Kier molecular flexibility index (Phi) is 6.09. The van der Waals surface area contributed by atoms with Crippen molar-refractivity contribution in [2.24, 2.45) is 0 Å². The molecule has 4 rings (SSSR count). The van der Waals surface area contributed by atoms with E-state index in [9.17, 15) is 13.2 Å². The Morgan fingerprint density at radius 3 is 2.71 bits per heavy atom. The summed E-state index contributed by atoms with van der Waals surface area (Å²) in [6, 6.07) is 11.9. The average molecular weight is 478 g/mol. The summed E-state index contributed by atoms with van der Waals surface area (Å²) < 4.78 is 28.2. The number of carbonyl (C=O) groups excluding carboxylic acids is 1. The van der Waals surface area contributed by atoms with Crippen LogP contribution in [0.3, 0.4) is 0 Å². The van der Waals surface area contributed by atoms with Gasteiger partial charge in [0.2, 0.25) is 10.0 Å². The van der Waals surface area contributed by atoms with Crippen molar-refractivity contribution in [1.29, 1.82) is 0 Å². The van der Waals surface area contributed by atoms with Crippen LogP contribution in [0.4, 0.5) is 0 Å². The van der Waals surface area contributed by atoms with Gasteiger partial charge in [-0.1, -0.05) is 23.7 Å². The first-order chi connectivity index (χ1) is 14.7. The minimum atomic E-state index is -3.72. The van der Waals surface area contributed by atoms with E-state index in [0.717, 1.165) is 28.1 Å². The van der Waals surface area contributed by atoms with Crippen LogP contribution in [0.2, 0.25) is 5.02 Å². The predicted octanol–water partition coefficient (Wildman–Crippen LogP) is 4.96. The smallest absolute Gasteiger partial charge is 0.256 e. The van der Waals surface area contributed by atoms with E-state index in [0.29, 0.717) is 6.54 Å². The zero-order chi connectivity index (χ0) is 22.3. The molecule has 9 heteroatoms. The number of aromatic nitrogens is 1. The van der Waals surface area contributed by atoms with E-state index in [1.165, 1.54) is 29.6 Å². The molecule has 1 aromatic heterocycles. The summed E-state index contributed by atoms with van der Waals surface area (Å²) in [5, 5.41) is 1.14. The van der Waals surface area contributed by atoms with Crippen LogP contribution in [0.5, 0.6) is 0 Å². The summed E-state index contributed by atoms with van der Waals surface area (Å²) in [6.45, 7) is 4.18. The van der Waals surface area contributed by atoms with E-state index in [1.807, 2.05) is 24.3 Å². The molecule has 2 aromatic carbocycles. The third kappa shape index (κ3) is 4.09. The lowest BCUT2D eigenvalue weighted by Gasteiger charge is -2.25. The number of nitrogens with zero attached hydrogens (tertiary/aromatic N) is 3. The molecule has 31 heavy (non-hydrogen) atoms. The number of hydrogen-bond donors (Lipinski definition) is 0. The number of hydrogen-bond acceptors (Lipinski definition) is 5. The number of thiazole rings is 1. The van der Waals surface area contributed by atoms with Crippen molar-refractivity contribution in [3.8, 4) is 0 Å². The minimum absolute atomic E-state index is 0.0622. The number of sulfonamides is 1. The molecule has 0 saturated carbocycles. The summed E-state index contributed by atoms with van der Waals surface area (Å²) in [6.07, 6.45) is 1.68. The lowest BCUT2D eigenvalue weighted by molar-refractivity contribution is 0.0735. The molecule has 1 amide bonds. The number of halogens is 1. The monoisotopic (exact) mass is 477 g/mol. The molecule has 1 unspecified atom stereocenters. The number of benzene rings is 2. The van der Waals surface area contributed by atoms with Gasteiger partial charge in [0.25, 0.3) is 5.91 Å². The van der Waals surface area contributed by atoms with Gasteiger partial charge in [-0.2, -0.15) is 4.31 Å². The van der Waals surface area contributed by atoms with Gasteiger partial charge in [0, 0.05) is 19.6 Å². The van der Waals surface area contributed by atoms with Gasteiger partial charge >= 0.3 is 0 Å². The van der Waals surface area contributed by atoms with Crippen molar-refractivity contribution < 1.29 is 13.2 Å². The summed E-state index contributed by atoms with van der Waals surface area (Å²) in [4.78, 5) is 20.0. The van der Waals surface area contributed by atoms with Gasteiger partial charge in [-0.25, -0.2) is 13.4 Å². The fourth-order valence-electron chi connectivity index (χ4n) is 3.73. The van der Waals surface area contributed by atoms with Gasteiger partial charge in [-0.3, -0.25) is 4.79 Å². The zero-order valence-corrected chi connectivity index (χ0v) is 20.0. The van der Waals surface area contributed by atoms with Crippen molar-refractivity contribution in [3.05, 3.63) is 58.1 Å². The van der Waals surface area contributed by atoms with Crippen LogP contribution in [0, 0.1) is 0 Å². The highest BCUT2D eigenvalue weighted by atomic mass is 35.5. The van der Waals surface area contributed by atoms with Crippen LogP contribution in [0.15, 0.2) is 47.4 Å². The maximum absolute atomic E-state index is 13.5. The van der Waals surface area contributed by atoms with E-state index >= 15 is 0 Å². The largest absolute Gasteiger partial charge is 0.329 e. The lowest BCUT2D eigenvalue weighted by atomic mass is 10.1. The Labute approximate surface area is 191 Å². The summed E-state index contributed by atoms with van der Waals surface area (Å²) in [5.41, 5.74) is 1.12. The molecular formula is C22H24ClN3O3S2. The Balaban J connectivity index is 1.68. The number of carbonyl (C=O) groups is 1. The van der Waals surface area contributed by atoms with E-state index < -0.39 is 10.0 Å². The third-order valence-electron chi connectivity index (χ3n) is 5.68. The van der Waals surface area contributed by atoms with E-state index in [1.54, 1.807) is 30.1 Å². The van der Waals surface area contributed by atoms with Crippen LogP contribution in [0.1, 0.15) is 48.1 Å². The van der Waals surface area contributed by atoms with Gasteiger partial charge in [0.15, 0.2) is 0 Å². The topological polar surface area (TPSA) is 70.6 Å². The molecule has 0 N–H and O–H groups in total. The normalized spacial score (nSPS) is 17.2. The van der Waals surface area contributed by atoms with Gasteiger partial charge in [-0.05, 0) is 57.0 Å². The zero-order valence-electron chi connectivity index (χ0n) is 17.6. The van der Waals surface area contributed by atoms with Crippen LogP contribution in [-0.2, 0) is 10.0 Å². The van der Waals surface area contributed by atoms with Gasteiger partial charge in [-0.15, -0.1) is 11.3 Å². The molecule has 0 spiro atoms. The van der Waals surface area contributed by atoms with E-state index in [4.69, 9.17) is 16.6 Å². The Bertz CT molecular complexity index is 1210. The number of fused-ring (bicyclic) bond motifs is 1. The average Bonchev–Trinajstić information content (AvgIpc) is 3.39. The molecule has 3 aromatic rings. The van der Waals surface area contributed by atoms with Gasteiger partial charge in [0.1, 0.15) is 5.01 Å². The quantitative estimate of drug-likeness (QED) is 0.521. The standard InChI is InChI=1S/C22H24ClN3O3S2/c1-14(2)25(3)31(28,29)15-10-11-17(23)16(13-15)22(27)26-12-6-8-19(26)21-24-18-7-4-5-9-20(18)30-21/h4-5,7,9-11,13-14,19H,6,8,12H2,1-3H3. The van der Waals surface area contributed by atoms with Crippen molar-refractivity contribution in [2.75, 3.05) is 13.6 Å². The number of amides is 1. The summed E-state index contributed by atoms with van der Waals surface area (Å²) in [5.74, 6) is -0.268. The Morgan fingerprint density at radius 1 is 1.26 bits per heavy atom. The molecule has 2 heterocycles. The fraction of sp³-hybridized carbons (Fsp3) is 0.364. The third-order valence-corrected chi connectivity index (χ3v) is 9.18. The lowest BCUT2D eigenvalue weighted by Crippen LogP contribution is -2.34.